The van der Waals surface area contributed by atoms with Crippen LogP contribution in [-0.2, 0) is 25.6 Å². The van der Waals surface area contributed by atoms with Crippen LogP contribution >= 0.6 is 0 Å². The molecule has 232 valence electrons. The number of carbonyl (C=O) groups is 6. The van der Waals surface area contributed by atoms with E-state index in [1.165, 1.54) is 29.3 Å². The van der Waals surface area contributed by atoms with E-state index in [1.54, 1.807) is 0 Å². The lowest BCUT2D eigenvalue weighted by Gasteiger charge is -2.27. The van der Waals surface area contributed by atoms with Crippen molar-refractivity contribution in [3.8, 4) is 11.5 Å². The van der Waals surface area contributed by atoms with Gasteiger partial charge in [0.1, 0.15) is 17.5 Å². The van der Waals surface area contributed by atoms with Crippen LogP contribution in [0.15, 0.2) is 36.4 Å². The molecule has 44 heavy (non-hydrogen) atoms. The third-order valence-electron chi connectivity index (χ3n) is 7.95. The van der Waals surface area contributed by atoms with E-state index in [4.69, 9.17) is 9.47 Å². The Morgan fingerprint density at radius 2 is 1.64 bits per heavy atom. The molecule has 1 fully saturated rings. The lowest BCUT2D eigenvalue weighted by atomic mass is 10.0. The standard InChI is InChI=1S/C31H35N5O8/c1-32-22-10-8-18-7-9-19(15-21(18)22)43-16-26(38)33-13-2-3-14-34-27(39)17-44-24-6-4-5-20-28(24)31(42)36(30(20)41)23-11-12-25(37)35-29(23)40/h4-7,9,15,22-23,32H,2-3,8,10-14,16-17H2,1H3,(H,33,38)(H,34,39)(H,35,37,40)/t22-,23?/m1/s1. The number of nitrogens with one attached hydrogen (secondary N) is 4. The van der Waals surface area contributed by atoms with Crippen LogP contribution in [0.3, 0.4) is 0 Å². The molecule has 4 N–H and O–H groups in total. The Morgan fingerprint density at radius 1 is 0.909 bits per heavy atom. The van der Waals surface area contributed by atoms with Crippen molar-refractivity contribution < 1.29 is 38.2 Å². The molecule has 2 aromatic rings. The maximum atomic E-state index is 13.1. The number of aryl methyl sites for hydroxylation is 1. The number of nitrogens with zero attached hydrogens (tertiary/aromatic N) is 1. The highest BCUT2D eigenvalue weighted by atomic mass is 16.5. The Labute approximate surface area is 254 Å². The van der Waals surface area contributed by atoms with Gasteiger partial charge >= 0.3 is 0 Å². The van der Waals surface area contributed by atoms with Gasteiger partial charge in [0.25, 0.3) is 23.6 Å². The first kappa shape index (κ1) is 30.7. The first-order chi connectivity index (χ1) is 21.3. The van der Waals surface area contributed by atoms with Gasteiger partial charge in [-0.25, -0.2) is 0 Å². The highest BCUT2D eigenvalue weighted by Gasteiger charge is 2.46. The van der Waals surface area contributed by atoms with Gasteiger partial charge in [-0.1, -0.05) is 12.1 Å². The minimum Gasteiger partial charge on any atom is -0.484 e. The average Bonchev–Trinajstić information content (AvgIpc) is 3.54. The van der Waals surface area contributed by atoms with Gasteiger partial charge in [0.2, 0.25) is 11.8 Å². The van der Waals surface area contributed by atoms with Gasteiger partial charge in [-0.15, -0.1) is 0 Å². The van der Waals surface area contributed by atoms with Crippen molar-refractivity contribution in [2.45, 2.75) is 50.6 Å². The van der Waals surface area contributed by atoms with Crippen LogP contribution in [0.2, 0.25) is 0 Å². The molecule has 2 aromatic carbocycles. The zero-order valence-corrected chi connectivity index (χ0v) is 24.4. The van der Waals surface area contributed by atoms with Crippen LogP contribution < -0.4 is 30.7 Å². The van der Waals surface area contributed by atoms with Crippen molar-refractivity contribution in [1.29, 1.82) is 0 Å². The molecule has 2 aliphatic heterocycles. The first-order valence-corrected chi connectivity index (χ1v) is 14.7. The third kappa shape index (κ3) is 6.72. The molecule has 1 aliphatic carbocycles. The van der Waals surface area contributed by atoms with Crippen LogP contribution in [0, 0.1) is 0 Å². The topological polar surface area (TPSA) is 172 Å². The van der Waals surface area contributed by atoms with Crippen LogP contribution in [0.4, 0.5) is 0 Å². The summed E-state index contributed by atoms with van der Waals surface area (Å²) in [4.78, 5) is 75.2. The fraction of sp³-hybridized carbons (Fsp3) is 0.419. The summed E-state index contributed by atoms with van der Waals surface area (Å²) < 4.78 is 11.2. The molecule has 0 saturated carbocycles. The molecule has 3 aliphatic rings. The summed E-state index contributed by atoms with van der Waals surface area (Å²) in [5.74, 6) is -2.46. The van der Waals surface area contributed by atoms with Gasteiger partial charge in [0, 0.05) is 25.6 Å². The van der Waals surface area contributed by atoms with Crippen molar-refractivity contribution in [3.63, 3.8) is 0 Å². The normalized spacial score (nSPS) is 18.9. The summed E-state index contributed by atoms with van der Waals surface area (Å²) in [6.07, 6.45) is 3.38. The summed E-state index contributed by atoms with van der Waals surface area (Å²) in [7, 11) is 1.93. The van der Waals surface area contributed by atoms with Crippen molar-refractivity contribution in [2.24, 2.45) is 0 Å². The molecule has 0 bridgehead atoms. The summed E-state index contributed by atoms with van der Waals surface area (Å²) in [6, 6.07) is 9.58. The van der Waals surface area contributed by atoms with E-state index in [-0.39, 0.29) is 48.8 Å². The second-order valence-electron chi connectivity index (χ2n) is 10.9. The van der Waals surface area contributed by atoms with E-state index in [9.17, 15) is 28.8 Å². The number of amides is 6. The second kappa shape index (κ2) is 13.7. The molecule has 0 radical (unpaired) electrons. The van der Waals surface area contributed by atoms with Crippen LogP contribution in [0.25, 0.3) is 0 Å². The number of imide groups is 2. The minimum atomic E-state index is -1.09. The number of benzene rings is 2. The van der Waals surface area contributed by atoms with E-state index in [1.807, 2.05) is 25.2 Å². The van der Waals surface area contributed by atoms with Crippen molar-refractivity contribution in [3.05, 3.63) is 58.7 Å². The molecule has 0 aromatic heterocycles. The maximum Gasteiger partial charge on any atom is 0.266 e. The number of hydrogen-bond acceptors (Lipinski definition) is 9. The zero-order chi connectivity index (χ0) is 31.2. The van der Waals surface area contributed by atoms with Crippen LogP contribution in [-0.4, -0.2) is 79.7 Å². The molecule has 1 saturated heterocycles. The van der Waals surface area contributed by atoms with Crippen molar-refractivity contribution >= 4 is 35.4 Å². The number of piperidine rings is 1. The summed E-state index contributed by atoms with van der Waals surface area (Å²) in [6.45, 7) is 0.308. The predicted molar refractivity (Wildman–Crippen MR) is 156 cm³/mol. The van der Waals surface area contributed by atoms with Gasteiger partial charge in [0.15, 0.2) is 13.2 Å². The van der Waals surface area contributed by atoms with Gasteiger partial charge in [-0.3, -0.25) is 39.0 Å². The highest BCUT2D eigenvalue weighted by molar-refractivity contribution is 6.24. The van der Waals surface area contributed by atoms with E-state index < -0.39 is 35.6 Å². The number of rotatable bonds is 13. The molecule has 1 unspecified atom stereocenters. The summed E-state index contributed by atoms with van der Waals surface area (Å²) >= 11 is 0. The van der Waals surface area contributed by atoms with Crippen LogP contribution in [0.5, 0.6) is 11.5 Å². The monoisotopic (exact) mass is 605 g/mol. The molecule has 13 heteroatoms. The van der Waals surface area contributed by atoms with Gasteiger partial charge in [-0.2, -0.15) is 0 Å². The highest BCUT2D eigenvalue weighted by Crippen LogP contribution is 2.34. The van der Waals surface area contributed by atoms with Gasteiger partial charge in [-0.05, 0) is 74.5 Å². The Balaban J connectivity index is 0.994. The summed E-state index contributed by atoms with van der Waals surface area (Å²) in [5.41, 5.74) is 2.56. The van der Waals surface area contributed by atoms with Crippen molar-refractivity contribution in [2.75, 3.05) is 33.4 Å². The Kier molecular flexibility index (Phi) is 9.53. The Bertz CT molecular complexity index is 1490. The molecule has 0 spiro atoms. The smallest absolute Gasteiger partial charge is 0.266 e. The Hall–Kier alpha value is -4.78. The summed E-state index contributed by atoms with van der Waals surface area (Å²) in [5, 5.41) is 11.0. The quantitative estimate of drug-likeness (QED) is 0.190. The average molecular weight is 606 g/mol. The predicted octanol–water partition coefficient (Wildman–Crippen LogP) is 0.765. The first-order valence-electron chi connectivity index (χ1n) is 14.7. The maximum absolute atomic E-state index is 13.1. The van der Waals surface area contributed by atoms with Gasteiger partial charge in [0.05, 0.1) is 11.1 Å². The number of unbranched alkanes of at least 4 members (excludes halogenated alkanes) is 1. The Morgan fingerprint density at radius 3 is 2.34 bits per heavy atom. The van der Waals surface area contributed by atoms with Crippen LogP contribution in [0.1, 0.15) is 70.0 Å². The fourth-order valence-corrected chi connectivity index (χ4v) is 5.67. The number of ether oxygens (including phenoxy) is 2. The number of hydrogen-bond donors (Lipinski definition) is 4. The lowest BCUT2D eigenvalue weighted by molar-refractivity contribution is -0.136. The van der Waals surface area contributed by atoms with E-state index in [0.29, 0.717) is 37.7 Å². The van der Waals surface area contributed by atoms with Gasteiger partial charge < -0.3 is 25.4 Å². The largest absolute Gasteiger partial charge is 0.484 e. The molecule has 13 nitrogen and oxygen atoms in total. The molecule has 5 rings (SSSR count). The van der Waals surface area contributed by atoms with Crippen molar-refractivity contribution in [1.82, 2.24) is 26.2 Å². The van der Waals surface area contributed by atoms with E-state index in [2.05, 4.69) is 21.3 Å². The molecular weight excluding hydrogens is 570 g/mol. The fourth-order valence-electron chi connectivity index (χ4n) is 5.67. The molecular formula is C31H35N5O8. The minimum absolute atomic E-state index is 0.0154. The third-order valence-corrected chi connectivity index (χ3v) is 7.95. The van der Waals surface area contributed by atoms with E-state index in [0.717, 1.165) is 17.7 Å². The lowest BCUT2D eigenvalue weighted by Crippen LogP contribution is -2.54. The number of fused-ring (bicyclic) bond motifs is 2. The zero-order valence-electron chi connectivity index (χ0n) is 24.4. The van der Waals surface area contributed by atoms with E-state index >= 15 is 0 Å². The SMILES string of the molecule is CN[C@@H]1CCc2ccc(OCC(=O)NCCCCNC(=O)COc3cccc4c3C(=O)N(C3CCC(=O)NC3=O)C4=O)cc21. The number of carbonyl (C=O) groups excluding carboxylic acids is 6. The molecule has 2 heterocycles. The molecule has 2 atom stereocenters. The molecule has 6 amide bonds. The second-order valence-corrected chi connectivity index (χ2v) is 10.9.